The molecule has 0 amide bonds. The molecule has 0 spiro atoms. The summed E-state index contributed by atoms with van der Waals surface area (Å²) in [5.74, 6) is 0. The lowest BCUT2D eigenvalue weighted by Crippen LogP contribution is -1.88. The van der Waals surface area contributed by atoms with E-state index < -0.39 is 0 Å². The quantitative estimate of drug-likeness (QED) is 0.623. The van der Waals surface area contributed by atoms with Crippen LogP contribution in [0, 0.1) is 21.0 Å². The SMILES string of the molecule is Cc1ccc(I)c(C)c1I. The maximum atomic E-state index is 2.39. The molecule has 1 rings (SSSR count). The Kier molecular flexibility index (Phi) is 2.97. The van der Waals surface area contributed by atoms with Crippen LogP contribution in [0.4, 0.5) is 0 Å². The zero-order valence-corrected chi connectivity index (χ0v) is 10.2. The first kappa shape index (κ1) is 8.77. The third kappa shape index (κ3) is 1.64. The molecule has 0 aliphatic heterocycles. The molecule has 0 atom stereocenters. The minimum atomic E-state index is 1.35. The molecule has 0 N–H and O–H groups in total. The highest BCUT2D eigenvalue weighted by Gasteiger charge is 2.00. The number of benzene rings is 1. The van der Waals surface area contributed by atoms with Gasteiger partial charge in [0, 0.05) is 7.14 Å². The number of aryl methyl sites for hydroxylation is 1. The Morgan fingerprint density at radius 2 is 1.70 bits per heavy atom. The highest BCUT2D eigenvalue weighted by molar-refractivity contribution is 14.1. The predicted octanol–water partition coefficient (Wildman–Crippen LogP) is 3.51. The summed E-state index contributed by atoms with van der Waals surface area (Å²) in [7, 11) is 0. The van der Waals surface area contributed by atoms with Gasteiger partial charge in [0.25, 0.3) is 0 Å². The molecular formula is C8H8I2. The average molecular weight is 358 g/mol. The van der Waals surface area contributed by atoms with Gasteiger partial charge in [-0.05, 0) is 76.2 Å². The van der Waals surface area contributed by atoms with Crippen molar-refractivity contribution >= 4 is 45.2 Å². The van der Waals surface area contributed by atoms with Crippen LogP contribution in [-0.4, -0.2) is 0 Å². The van der Waals surface area contributed by atoms with Gasteiger partial charge in [0.1, 0.15) is 0 Å². The number of hydrogen-bond acceptors (Lipinski definition) is 0. The maximum absolute atomic E-state index is 2.39. The van der Waals surface area contributed by atoms with E-state index in [2.05, 4.69) is 71.2 Å². The minimum absolute atomic E-state index is 1.35. The first-order valence-electron chi connectivity index (χ1n) is 3.04. The lowest BCUT2D eigenvalue weighted by molar-refractivity contribution is 1.31. The third-order valence-corrected chi connectivity index (χ3v) is 4.34. The van der Waals surface area contributed by atoms with E-state index in [1.54, 1.807) is 0 Å². The predicted molar refractivity (Wildman–Crippen MR) is 61.4 cm³/mol. The third-order valence-electron chi connectivity index (χ3n) is 1.51. The van der Waals surface area contributed by atoms with Gasteiger partial charge in [0.05, 0.1) is 0 Å². The Labute approximate surface area is 88.7 Å². The van der Waals surface area contributed by atoms with Gasteiger partial charge >= 0.3 is 0 Å². The molecule has 1 aromatic rings. The van der Waals surface area contributed by atoms with Crippen molar-refractivity contribution in [1.29, 1.82) is 0 Å². The van der Waals surface area contributed by atoms with E-state index in [1.807, 2.05) is 0 Å². The van der Waals surface area contributed by atoms with Crippen LogP contribution in [0.15, 0.2) is 12.1 Å². The molecular weight excluding hydrogens is 350 g/mol. The molecule has 0 fully saturated rings. The van der Waals surface area contributed by atoms with Crippen LogP contribution in [0.25, 0.3) is 0 Å². The second kappa shape index (κ2) is 3.38. The van der Waals surface area contributed by atoms with E-state index >= 15 is 0 Å². The fourth-order valence-electron chi connectivity index (χ4n) is 0.797. The largest absolute Gasteiger partial charge is 0.0572 e. The van der Waals surface area contributed by atoms with Crippen molar-refractivity contribution in [3.05, 3.63) is 30.4 Å². The lowest BCUT2D eigenvalue weighted by Gasteiger charge is -2.03. The number of rotatable bonds is 0. The molecule has 0 saturated heterocycles. The van der Waals surface area contributed by atoms with Gasteiger partial charge in [0.2, 0.25) is 0 Å². The van der Waals surface area contributed by atoms with E-state index in [4.69, 9.17) is 0 Å². The van der Waals surface area contributed by atoms with Crippen LogP contribution in [0.2, 0.25) is 0 Å². The van der Waals surface area contributed by atoms with Gasteiger partial charge in [-0.1, -0.05) is 6.07 Å². The van der Waals surface area contributed by atoms with E-state index in [-0.39, 0.29) is 0 Å². The molecule has 0 aliphatic carbocycles. The normalized spacial score (nSPS) is 10.0. The molecule has 0 nitrogen and oxygen atoms in total. The van der Waals surface area contributed by atoms with E-state index in [1.165, 1.54) is 18.3 Å². The Morgan fingerprint density at radius 3 is 2.20 bits per heavy atom. The summed E-state index contributed by atoms with van der Waals surface area (Å²) in [5, 5.41) is 0. The lowest BCUT2D eigenvalue weighted by atomic mass is 10.2. The molecule has 2 heteroatoms. The topological polar surface area (TPSA) is 0 Å². The van der Waals surface area contributed by atoms with E-state index in [0.717, 1.165) is 0 Å². The Morgan fingerprint density at radius 1 is 1.10 bits per heavy atom. The van der Waals surface area contributed by atoms with Gasteiger partial charge in [0.15, 0.2) is 0 Å². The van der Waals surface area contributed by atoms with Crippen LogP contribution in [0.3, 0.4) is 0 Å². The molecule has 0 aliphatic rings. The van der Waals surface area contributed by atoms with E-state index in [0.29, 0.717) is 0 Å². The monoisotopic (exact) mass is 358 g/mol. The second-order valence-electron chi connectivity index (χ2n) is 2.30. The number of hydrogen-bond donors (Lipinski definition) is 0. The standard InChI is InChI=1S/C8H8I2/c1-5-3-4-7(9)6(2)8(5)10/h3-4H,1-2H3. The molecule has 0 radical (unpaired) electrons. The molecule has 0 heterocycles. The summed E-state index contributed by atoms with van der Waals surface area (Å²) < 4.78 is 2.75. The molecule has 54 valence electrons. The zero-order chi connectivity index (χ0) is 7.72. The fourth-order valence-corrected chi connectivity index (χ4v) is 2.23. The number of halogens is 2. The molecule has 0 bridgehead atoms. The maximum Gasteiger partial charge on any atom is 0.0199 e. The zero-order valence-electron chi connectivity index (χ0n) is 5.91. The van der Waals surface area contributed by atoms with Gasteiger partial charge in [-0.15, -0.1) is 0 Å². The summed E-state index contributed by atoms with van der Waals surface area (Å²) in [6, 6.07) is 4.32. The van der Waals surface area contributed by atoms with Crippen molar-refractivity contribution in [3.8, 4) is 0 Å². The highest BCUT2D eigenvalue weighted by atomic mass is 127. The summed E-state index contributed by atoms with van der Waals surface area (Å²) >= 11 is 4.75. The smallest absolute Gasteiger partial charge is 0.0199 e. The van der Waals surface area contributed by atoms with Crippen LogP contribution in [0.5, 0.6) is 0 Å². The van der Waals surface area contributed by atoms with Gasteiger partial charge < -0.3 is 0 Å². The fraction of sp³-hybridized carbons (Fsp3) is 0.250. The first-order valence-corrected chi connectivity index (χ1v) is 5.20. The molecule has 1 aromatic carbocycles. The van der Waals surface area contributed by atoms with Gasteiger partial charge in [-0.25, -0.2) is 0 Å². The van der Waals surface area contributed by atoms with Crippen molar-refractivity contribution in [2.24, 2.45) is 0 Å². The molecule has 0 aromatic heterocycles. The van der Waals surface area contributed by atoms with Crippen molar-refractivity contribution in [2.75, 3.05) is 0 Å². The van der Waals surface area contributed by atoms with Crippen molar-refractivity contribution in [2.45, 2.75) is 13.8 Å². The van der Waals surface area contributed by atoms with Crippen molar-refractivity contribution in [1.82, 2.24) is 0 Å². The highest BCUT2D eigenvalue weighted by Crippen LogP contribution is 2.20. The van der Waals surface area contributed by atoms with Gasteiger partial charge in [-0.2, -0.15) is 0 Å². The first-order chi connectivity index (χ1) is 4.63. The summed E-state index contributed by atoms with van der Waals surface area (Å²) in [4.78, 5) is 0. The molecule has 10 heavy (non-hydrogen) atoms. The Hall–Kier alpha value is 0.680. The molecule has 0 unspecified atom stereocenters. The average Bonchev–Trinajstić information content (AvgIpc) is 1.93. The van der Waals surface area contributed by atoms with Crippen LogP contribution in [-0.2, 0) is 0 Å². The molecule has 0 saturated carbocycles. The Bertz CT molecular complexity index is 227. The second-order valence-corrected chi connectivity index (χ2v) is 4.54. The summed E-state index contributed by atoms with van der Waals surface area (Å²) in [6.07, 6.45) is 0. The van der Waals surface area contributed by atoms with Crippen LogP contribution < -0.4 is 0 Å². The van der Waals surface area contributed by atoms with Crippen molar-refractivity contribution in [3.63, 3.8) is 0 Å². The van der Waals surface area contributed by atoms with Crippen LogP contribution >= 0.6 is 45.2 Å². The van der Waals surface area contributed by atoms with Gasteiger partial charge in [-0.3, -0.25) is 0 Å². The van der Waals surface area contributed by atoms with Crippen LogP contribution in [0.1, 0.15) is 11.1 Å². The van der Waals surface area contributed by atoms with E-state index in [9.17, 15) is 0 Å². The minimum Gasteiger partial charge on any atom is -0.0572 e. The van der Waals surface area contributed by atoms with Crippen molar-refractivity contribution < 1.29 is 0 Å². The summed E-state index contributed by atoms with van der Waals surface area (Å²) in [6.45, 7) is 4.31. The summed E-state index contributed by atoms with van der Waals surface area (Å²) in [5.41, 5.74) is 2.78. The Balaban J connectivity index is 3.34.